The molecular formula is C20H34N6O. The largest absolute Gasteiger partial charge is 0.357 e. The molecule has 1 saturated heterocycles. The summed E-state index contributed by atoms with van der Waals surface area (Å²) in [6, 6.07) is 4.17. The summed E-state index contributed by atoms with van der Waals surface area (Å²) in [6.07, 6.45) is 4.37. The Bertz CT molecular complexity index is 627. The number of hydrogen-bond donors (Lipinski definition) is 3. The normalized spacial score (nSPS) is 16.2. The van der Waals surface area contributed by atoms with Gasteiger partial charge in [0, 0.05) is 38.4 Å². The molecule has 1 aromatic rings. The molecule has 0 saturated carbocycles. The van der Waals surface area contributed by atoms with Gasteiger partial charge in [0.25, 0.3) is 0 Å². The van der Waals surface area contributed by atoms with Crippen molar-refractivity contribution in [3.05, 3.63) is 23.9 Å². The number of piperidine rings is 1. The van der Waals surface area contributed by atoms with E-state index >= 15 is 0 Å². The number of pyridine rings is 1. The zero-order valence-corrected chi connectivity index (χ0v) is 17.3. The molecule has 27 heavy (non-hydrogen) atoms. The molecule has 1 fully saturated rings. The van der Waals surface area contributed by atoms with Gasteiger partial charge in [-0.25, -0.2) is 4.98 Å². The Morgan fingerprint density at radius 2 is 1.96 bits per heavy atom. The van der Waals surface area contributed by atoms with E-state index < -0.39 is 0 Å². The number of hydrogen-bond acceptors (Lipinski definition) is 4. The van der Waals surface area contributed by atoms with Crippen molar-refractivity contribution < 1.29 is 4.79 Å². The first-order chi connectivity index (χ1) is 12.8. The molecule has 7 heteroatoms. The minimum atomic E-state index is -0.241. The Morgan fingerprint density at radius 1 is 1.26 bits per heavy atom. The molecule has 0 spiro atoms. The van der Waals surface area contributed by atoms with Crippen LogP contribution < -0.4 is 20.9 Å². The van der Waals surface area contributed by atoms with Crippen molar-refractivity contribution in [1.82, 2.24) is 20.9 Å². The second-order valence-electron chi connectivity index (χ2n) is 8.27. The molecule has 1 amide bonds. The van der Waals surface area contributed by atoms with Crippen LogP contribution in [0.3, 0.4) is 0 Å². The van der Waals surface area contributed by atoms with E-state index in [-0.39, 0.29) is 18.0 Å². The minimum absolute atomic E-state index is 0.0627. The number of nitrogens with zero attached hydrogens (tertiary/aromatic N) is 3. The fourth-order valence-corrected chi connectivity index (χ4v) is 2.98. The highest BCUT2D eigenvalue weighted by Crippen LogP contribution is 2.21. The summed E-state index contributed by atoms with van der Waals surface area (Å²) in [5.74, 6) is 2.39. The van der Waals surface area contributed by atoms with Gasteiger partial charge in [0.1, 0.15) is 5.82 Å². The highest BCUT2D eigenvalue weighted by molar-refractivity contribution is 5.86. The van der Waals surface area contributed by atoms with E-state index in [2.05, 4.69) is 49.9 Å². The third kappa shape index (κ3) is 7.45. The van der Waals surface area contributed by atoms with Crippen LogP contribution in [0.25, 0.3) is 0 Å². The van der Waals surface area contributed by atoms with E-state index in [4.69, 9.17) is 0 Å². The van der Waals surface area contributed by atoms with Crippen LogP contribution in [-0.2, 0) is 11.3 Å². The second kappa shape index (κ2) is 9.58. The fraction of sp³-hybridized carbons (Fsp3) is 0.650. The molecule has 0 aromatic carbocycles. The van der Waals surface area contributed by atoms with Crippen molar-refractivity contribution in [3.8, 4) is 0 Å². The van der Waals surface area contributed by atoms with Crippen LogP contribution in [0, 0.1) is 5.92 Å². The number of carbonyl (C=O) groups is 1. The molecule has 7 nitrogen and oxygen atoms in total. The van der Waals surface area contributed by atoms with E-state index in [1.807, 2.05) is 27.0 Å². The monoisotopic (exact) mass is 374 g/mol. The van der Waals surface area contributed by atoms with Crippen molar-refractivity contribution in [2.45, 2.75) is 52.6 Å². The van der Waals surface area contributed by atoms with Gasteiger partial charge in [-0.1, -0.05) is 13.0 Å². The van der Waals surface area contributed by atoms with Crippen LogP contribution in [-0.4, -0.2) is 49.1 Å². The maximum atomic E-state index is 11.9. The average molecular weight is 375 g/mol. The van der Waals surface area contributed by atoms with Gasteiger partial charge in [0.15, 0.2) is 5.96 Å². The number of aromatic nitrogens is 1. The summed E-state index contributed by atoms with van der Waals surface area (Å²) in [5, 5.41) is 9.15. The Kier molecular flexibility index (Phi) is 7.45. The molecule has 3 N–H and O–H groups in total. The van der Waals surface area contributed by atoms with Gasteiger partial charge in [-0.15, -0.1) is 0 Å². The van der Waals surface area contributed by atoms with Crippen molar-refractivity contribution in [1.29, 1.82) is 0 Å². The van der Waals surface area contributed by atoms with Crippen molar-refractivity contribution in [2.75, 3.05) is 31.6 Å². The van der Waals surface area contributed by atoms with E-state index in [1.54, 1.807) is 7.05 Å². The number of amides is 1. The van der Waals surface area contributed by atoms with Crippen LogP contribution in [0.15, 0.2) is 23.3 Å². The molecule has 0 bridgehead atoms. The summed E-state index contributed by atoms with van der Waals surface area (Å²) in [4.78, 5) is 23.0. The first kappa shape index (κ1) is 21.0. The van der Waals surface area contributed by atoms with Crippen molar-refractivity contribution >= 4 is 17.7 Å². The fourth-order valence-electron chi connectivity index (χ4n) is 2.98. The van der Waals surface area contributed by atoms with E-state index in [1.165, 1.54) is 12.8 Å². The smallest absolute Gasteiger partial charge is 0.239 e. The molecule has 0 unspecified atom stereocenters. The van der Waals surface area contributed by atoms with Crippen LogP contribution >= 0.6 is 0 Å². The summed E-state index contributed by atoms with van der Waals surface area (Å²) in [5.41, 5.74) is 0.835. The highest BCUT2D eigenvalue weighted by Gasteiger charge is 2.17. The predicted molar refractivity (Wildman–Crippen MR) is 111 cm³/mol. The predicted octanol–water partition coefficient (Wildman–Crippen LogP) is 1.90. The molecule has 0 atom stereocenters. The maximum absolute atomic E-state index is 11.9. The van der Waals surface area contributed by atoms with Gasteiger partial charge in [0.2, 0.25) is 5.91 Å². The van der Waals surface area contributed by atoms with E-state index in [0.717, 1.165) is 30.4 Å². The maximum Gasteiger partial charge on any atom is 0.239 e. The third-order valence-corrected chi connectivity index (χ3v) is 4.53. The highest BCUT2D eigenvalue weighted by atomic mass is 16.2. The lowest BCUT2D eigenvalue weighted by Crippen LogP contribution is -2.48. The van der Waals surface area contributed by atoms with Crippen LogP contribution in [0.2, 0.25) is 0 Å². The van der Waals surface area contributed by atoms with E-state index in [0.29, 0.717) is 12.5 Å². The first-order valence-electron chi connectivity index (χ1n) is 9.72. The van der Waals surface area contributed by atoms with Crippen LogP contribution in [0.4, 0.5) is 5.82 Å². The molecule has 1 aliphatic heterocycles. The summed E-state index contributed by atoms with van der Waals surface area (Å²) < 4.78 is 0. The lowest BCUT2D eigenvalue weighted by atomic mass is 9.99. The van der Waals surface area contributed by atoms with Gasteiger partial charge >= 0.3 is 0 Å². The minimum Gasteiger partial charge on any atom is -0.357 e. The Hall–Kier alpha value is -2.31. The number of anilines is 1. The first-order valence-corrected chi connectivity index (χ1v) is 9.72. The standard InChI is InChI=1S/C20H34N6O/c1-15-8-10-26(11-9-15)17-7-6-16(12-22-17)13-23-19(21-5)24-14-18(27)25-20(2,3)4/h6-7,12,15H,8-11,13-14H2,1-5H3,(H,25,27)(H2,21,23,24). The summed E-state index contributed by atoms with van der Waals surface area (Å²) in [6.45, 7) is 11.1. The average Bonchev–Trinajstić information content (AvgIpc) is 2.61. The molecule has 0 aliphatic carbocycles. The van der Waals surface area contributed by atoms with Crippen molar-refractivity contribution in [2.24, 2.45) is 10.9 Å². The number of rotatable bonds is 5. The third-order valence-electron chi connectivity index (χ3n) is 4.53. The molecule has 2 rings (SSSR count). The SMILES string of the molecule is CN=C(NCC(=O)NC(C)(C)C)NCc1ccc(N2CCC(C)CC2)nc1. The van der Waals surface area contributed by atoms with Gasteiger partial charge < -0.3 is 20.9 Å². The number of guanidine groups is 1. The lowest BCUT2D eigenvalue weighted by molar-refractivity contribution is -0.121. The Labute approximate surface area is 163 Å². The summed E-state index contributed by atoms with van der Waals surface area (Å²) in [7, 11) is 1.69. The van der Waals surface area contributed by atoms with Crippen molar-refractivity contribution in [3.63, 3.8) is 0 Å². The second-order valence-corrected chi connectivity index (χ2v) is 8.27. The number of aliphatic imine (C=N–C) groups is 1. The molecule has 1 aromatic heterocycles. The molecular weight excluding hydrogens is 340 g/mol. The molecule has 1 aliphatic rings. The lowest BCUT2D eigenvalue weighted by Gasteiger charge is -2.31. The zero-order valence-electron chi connectivity index (χ0n) is 17.3. The zero-order chi connectivity index (χ0) is 19.9. The van der Waals surface area contributed by atoms with Crippen LogP contribution in [0.5, 0.6) is 0 Å². The van der Waals surface area contributed by atoms with E-state index in [9.17, 15) is 4.79 Å². The van der Waals surface area contributed by atoms with Gasteiger partial charge in [0.05, 0.1) is 6.54 Å². The number of nitrogens with one attached hydrogen (secondary N) is 3. The topological polar surface area (TPSA) is 81.6 Å². The molecule has 150 valence electrons. The number of carbonyl (C=O) groups excluding carboxylic acids is 1. The van der Waals surface area contributed by atoms with Gasteiger partial charge in [-0.2, -0.15) is 0 Å². The molecule has 2 heterocycles. The Morgan fingerprint density at radius 3 is 2.52 bits per heavy atom. The van der Waals surface area contributed by atoms with Gasteiger partial charge in [-0.05, 0) is 51.2 Å². The summed E-state index contributed by atoms with van der Waals surface area (Å²) >= 11 is 0. The van der Waals surface area contributed by atoms with Crippen LogP contribution in [0.1, 0.15) is 46.1 Å². The quantitative estimate of drug-likeness (QED) is 0.542. The van der Waals surface area contributed by atoms with Gasteiger partial charge in [-0.3, -0.25) is 9.79 Å². The molecule has 0 radical (unpaired) electrons. The Balaban J connectivity index is 1.78.